The molecule has 3 fully saturated rings. The summed E-state index contributed by atoms with van der Waals surface area (Å²) < 4.78 is 62.8. The Bertz CT molecular complexity index is 2570. The van der Waals surface area contributed by atoms with Crippen molar-refractivity contribution in [2.24, 2.45) is 5.92 Å². The molecular weight excluding hydrogens is 913 g/mol. The van der Waals surface area contributed by atoms with Gasteiger partial charge in [0.1, 0.15) is 28.8 Å². The number of nitrogens with zero attached hydrogens (tertiary/aromatic N) is 5. The average Bonchev–Trinajstić information content (AvgIpc) is 4.01. The zero-order valence-corrected chi connectivity index (χ0v) is 41.0. The normalized spacial score (nSPS) is 23.1. The van der Waals surface area contributed by atoms with Crippen molar-refractivity contribution in [1.29, 1.82) is 0 Å². The predicted molar refractivity (Wildman–Crippen MR) is 266 cm³/mol. The zero-order valence-electron chi connectivity index (χ0n) is 41.0. The SMILES string of the molecule is CCC1(c2ccccc2)C=C(c2cc(F)ccc2F)CC1C(=O)N(C)C1CCNCC1.CN(C(=O)N1CC(c2cc(F)ccc2F)=CC1(CO)c1ccccc1)C1CCN(C(=O)CN2CCOCC2)CC1. The van der Waals surface area contributed by atoms with Gasteiger partial charge in [-0.1, -0.05) is 73.7 Å². The molecule has 3 unspecified atom stereocenters. The predicted octanol–water partition coefficient (Wildman–Crippen LogP) is 7.85. The summed E-state index contributed by atoms with van der Waals surface area (Å²) in [5, 5.41) is 14.1. The van der Waals surface area contributed by atoms with Crippen molar-refractivity contribution >= 4 is 29.0 Å². The van der Waals surface area contributed by atoms with Crippen LogP contribution in [0.4, 0.5) is 22.4 Å². The molecule has 71 heavy (non-hydrogen) atoms. The molecule has 3 saturated heterocycles. The minimum Gasteiger partial charge on any atom is -0.393 e. The molecule has 4 aliphatic heterocycles. The second-order valence-electron chi connectivity index (χ2n) is 19.5. The third-order valence-electron chi connectivity index (χ3n) is 15.5. The van der Waals surface area contributed by atoms with E-state index in [4.69, 9.17) is 4.74 Å². The van der Waals surface area contributed by atoms with Gasteiger partial charge in [0.15, 0.2) is 0 Å². The number of urea groups is 1. The molecule has 9 rings (SSSR count). The Hall–Kier alpha value is -5.87. The smallest absolute Gasteiger partial charge is 0.321 e. The van der Waals surface area contributed by atoms with Gasteiger partial charge in [-0.2, -0.15) is 0 Å². The molecule has 378 valence electrons. The summed E-state index contributed by atoms with van der Waals surface area (Å²) in [5.74, 6) is -2.28. The number of ether oxygens (including phenoxy) is 1. The van der Waals surface area contributed by atoms with Crippen molar-refractivity contribution in [3.05, 3.63) is 155 Å². The lowest BCUT2D eigenvalue weighted by molar-refractivity contribution is -0.138. The van der Waals surface area contributed by atoms with E-state index in [0.29, 0.717) is 75.2 Å². The lowest BCUT2D eigenvalue weighted by Crippen LogP contribution is -2.56. The molecule has 0 bridgehead atoms. The number of hydrogen-bond donors (Lipinski definition) is 2. The summed E-state index contributed by atoms with van der Waals surface area (Å²) in [5.41, 5.74) is 1.40. The molecule has 4 heterocycles. The van der Waals surface area contributed by atoms with Crippen LogP contribution in [0.2, 0.25) is 0 Å². The Balaban J connectivity index is 0.000000197. The van der Waals surface area contributed by atoms with Gasteiger partial charge in [0, 0.05) is 75.4 Å². The van der Waals surface area contributed by atoms with Crippen molar-refractivity contribution in [3.8, 4) is 0 Å². The number of morpholine rings is 1. The van der Waals surface area contributed by atoms with E-state index in [1.165, 1.54) is 11.0 Å². The van der Waals surface area contributed by atoms with Crippen LogP contribution in [0.5, 0.6) is 0 Å². The fourth-order valence-electron chi connectivity index (χ4n) is 11.3. The van der Waals surface area contributed by atoms with Crippen LogP contribution in [0.3, 0.4) is 0 Å². The highest BCUT2D eigenvalue weighted by Crippen LogP contribution is 2.51. The number of likely N-dealkylation sites (tertiary alicyclic amines) is 1. The molecule has 5 aliphatic rings. The Labute approximate surface area is 414 Å². The van der Waals surface area contributed by atoms with Gasteiger partial charge in [-0.15, -0.1) is 0 Å². The van der Waals surface area contributed by atoms with E-state index >= 15 is 0 Å². The van der Waals surface area contributed by atoms with Crippen molar-refractivity contribution in [2.75, 3.05) is 86.3 Å². The van der Waals surface area contributed by atoms with Crippen LogP contribution in [-0.2, 0) is 25.3 Å². The maximum absolute atomic E-state index is 14.8. The van der Waals surface area contributed by atoms with Crippen LogP contribution in [-0.4, -0.2) is 146 Å². The summed E-state index contributed by atoms with van der Waals surface area (Å²) in [6.07, 6.45) is 7.92. The number of carbonyl (C=O) groups is 3. The monoisotopic (exact) mass is 979 g/mol. The van der Waals surface area contributed by atoms with Gasteiger partial charge in [-0.25, -0.2) is 22.4 Å². The van der Waals surface area contributed by atoms with Crippen LogP contribution >= 0.6 is 0 Å². The van der Waals surface area contributed by atoms with Crippen molar-refractivity contribution < 1.29 is 41.8 Å². The van der Waals surface area contributed by atoms with E-state index < -0.39 is 40.8 Å². The van der Waals surface area contributed by atoms with Gasteiger partial charge in [-0.05, 0) is 116 Å². The molecule has 4 aromatic rings. The molecule has 4 amide bonds. The third-order valence-corrected chi connectivity index (χ3v) is 15.5. The number of hydrogen-bond acceptors (Lipinski definition) is 7. The Morgan fingerprint density at radius 3 is 1.86 bits per heavy atom. The highest BCUT2D eigenvalue weighted by molar-refractivity contribution is 5.88. The van der Waals surface area contributed by atoms with Crippen LogP contribution in [0.25, 0.3) is 11.1 Å². The highest BCUT2D eigenvalue weighted by atomic mass is 19.1. The lowest BCUT2D eigenvalue weighted by atomic mass is 9.70. The number of amides is 4. The van der Waals surface area contributed by atoms with Crippen LogP contribution < -0.4 is 5.32 Å². The quantitative estimate of drug-likeness (QED) is 0.148. The fraction of sp³-hybridized carbons (Fsp3) is 0.446. The topological polar surface area (TPSA) is 109 Å². The molecule has 15 heteroatoms. The standard InChI is InChI=1S/C30H36F2N4O4.C26H30F2N2O/c1-33(25-9-11-35(12-10-25)28(38)20-34-13-15-40-16-14-34)29(39)36-19-22(26-17-24(31)7-8-27(26)32)18-30(36,21-37)23-5-3-2-4-6-23;1-3-26(19-7-5-4-6-8-19)17-18(22-16-20(27)9-10-24(22)28)15-23(26)25(31)30(2)21-11-13-29-14-12-21/h2-8,17-18,25,37H,9-16,19-21H2,1H3;4-10,16-17,21,23,29H,3,11-15H2,1-2H3. The van der Waals surface area contributed by atoms with E-state index in [1.807, 2.05) is 83.6 Å². The molecule has 11 nitrogen and oxygen atoms in total. The minimum absolute atomic E-state index is 0.00980. The maximum atomic E-state index is 14.8. The van der Waals surface area contributed by atoms with Crippen molar-refractivity contribution in [1.82, 2.24) is 29.8 Å². The van der Waals surface area contributed by atoms with Gasteiger partial charge < -0.3 is 34.8 Å². The number of benzene rings is 4. The summed E-state index contributed by atoms with van der Waals surface area (Å²) >= 11 is 0. The molecule has 0 spiro atoms. The number of halogens is 4. The van der Waals surface area contributed by atoms with Crippen LogP contribution in [0.15, 0.2) is 109 Å². The van der Waals surface area contributed by atoms with Gasteiger partial charge >= 0.3 is 6.03 Å². The first-order valence-corrected chi connectivity index (χ1v) is 24.9. The zero-order chi connectivity index (χ0) is 50.3. The fourth-order valence-corrected chi connectivity index (χ4v) is 11.3. The number of aliphatic hydroxyl groups excluding tert-OH is 1. The summed E-state index contributed by atoms with van der Waals surface area (Å²) in [4.78, 5) is 49.8. The van der Waals surface area contributed by atoms with Gasteiger partial charge in [0.05, 0.1) is 32.3 Å². The third kappa shape index (κ3) is 11.0. The second kappa shape index (κ2) is 22.7. The average molecular weight is 979 g/mol. The molecule has 1 aliphatic carbocycles. The van der Waals surface area contributed by atoms with Crippen LogP contribution in [0, 0.1) is 29.2 Å². The summed E-state index contributed by atoms with van der Waals surface area (Å²) in [6.45, 7) is 7.71. The van der Waals surface area contributed by atoms with Crippen molar-refractivity contribution in [3.63, 3.8) is 0 Å². The number of nitrogens with one attached hydrogen (secondary N) is 1. The van der Waals surface area contributed by atoms with Crippen LogP contribution in [0.1, 0.15) is 67.7 Å². The van der Waals surface area contributed by atoms with Gasteiger partial charge in [-0.3, -0.25) is 14.5 Å². The summed E-state index contributed by atoms with van der Waals surface area (Å²) in [7, 11) is 3.62. The lowest BCUT2D eigenvalue weighted by Gasteiger charge is -2.43. The minimum atomic E-state index is -1.24. The van der Waals surface area contributed by atoms with E-state index in [9.17, 15) is 37.1 Å². The molecular formula is C56H66F4N6O5. The van der Waals surface area contributed by atoms with Crippen molar-refractivity contribution in [2.45, 2.75) is 68.5 Å². The van der Waals surface area contributed by atoms with E-state index in [2.05, 4.69) is 17.1 Å². The molecule has 2 N–H and O–H groups in total. The Kier molecular flexibility index (Phi) is 16.5. The van der Waals surface area contributed by atoms with E-state index in [0.717, 1.165) is 74.9 Å². The number of allylic oxidation sites excluding steroid dienone is 2. The first-order chi connectivity index (χ1) is 34.3. The summed E-state index contributed by atoms with van der Waals surface area (Å²) in [6, 6.07) is 25.6. The molecule has 0 saturated carbocycles. The van der Waals surface area contributed by atoms with Gasteiger partial charge in [0.2, 0.25) is 11.8 Å². The van der Waals surface area contributed by atoms with Gasteiger partial charge in [0.25, 0.3) is 0 Å². The number of aliphatic hydroxyl groups is 1. The van der Waals surface area contributed by atoms with E-state index in [1.54, 1.807) is 18.0 Å². The second-order valence-corrected chi connectivity index (χ2v) is 19.5. The molecule has 0 aromatic heterocycles. The Morgan fingerprint density at radius 2 is 1.28 bits per heavy atom. The van der Waals surface area contributed by atoms with E-state index in [-0.39, 0.29) is 53.5 Å². The maximum Gasteiger partial charge on any atom is 0.321 e. The largest absolute Gasteiger partial charge is 0.393 e. The number of carbonyl (C=O) groups excluding carboxylic acids is 3. The molecule has 0 radical (unpaired) electrons. The number of rotatable bonds is 11. The Morgan fingerprint density at radius 1 is 0.718 bits per heavy atom. The molecule has 4 aromatic carbocycles. The first-order valence-electron chi connectivity index (χ1n) is 24.9. The number of piperidine rings is 2. The first kappa shape index (κ1) is 51.5. The molecule has 3 atom stereocenters. The highest BCUT2D eigenvalue weighted by Gasteiger charge is 2.49.